The summed E-state index contributed by atoms with van der Waals surface area (Å²) in [4.78, 5) is 11.9. The van der Waals surface area contributed by atoms with Crippen LogP contribution in [0.1, 0.15) is 11.1 Å². The highest BCUT2D eigenvalue weighted by atomic mass is 35.5. The number of nitrogens with zero attached hydrogens (tertiary/aromatic N) is 1. The number of methoxy groups -OCH3 is 2. The molecule has 0 fully saturated rings. The zero-order valence-corrected chi connectivity index (χ0v) is 17.4. The van der Waals surface area contributed by atoms with Crippen molar-refractivity contribution >= 4 is 35.2 Å². The van der Waals surface area contributed by atoms with Crippen molar-refractivity contribution in [2.75, 3.05) is 27.4 Å². The summed E-state index contributed by atoms with van der Waals surface area (Å²) in [5.74, 6) is 0.201. The third-order valence-electron chi connectivity index (χ3n) is 3.76. The number of hydrogen-bond acceptors (Lipinski definition) is 6. The Morgan fingerprint density at radius 2 is 1.90 bits per heavy atom. The fourth-order valence-electron chi connectivity index (χ4n) is 2.29. The summed E-state index contributed by atoms with van der Waals surface area (Å²) >= 11 is 12.1. The number of rotatable bonds is 9. The third kappa shape index (κ3) is 6.68. The second-order valence-electron chi connectivity index (χ2n) is 5.73. The lowest BCUT2D eigenvalue weighted by Gasteiger charge is -2.12. The Bertz CT molecular complexity index is 937. The van der Waals surface area contributed by atoms with E-state index in [0.717, 1.165) is 5.56 Å². The number of esters is 1. The molecule has 0 heterocycles. The predicted octanol–water partition coefficient (Wildman–Crippen LogP) is 4.68. The Hall–Kier alpha value is -2.72. The van der Waals surface area contributed by atoms with Crippen LogP contribution in [0.25, 0.3) is 6.08 Å². The smallest absolute Gasteiger partial charge is 0.348 e. The topological polar surface area (TPSA) is 77.8 Å². The maximum absolute atomic E-state index is 11.9. The van der Waals surface area contributed by atoms with E-state index in [2.05, 4.69) is 0 Å². The van der Waals surface area contributed by atoms with Crippen molar-refractivity contribution in [2.45, 2.75) is 6.61 Å². The second-order valence-corrected chi connectivity index (χ2v) is 6.58. The van der Waals surface area contributed by atoms with Crippen molar-refractivity contribution in [3.8, 4) is 17.6 Å². The molecule has 0 aliphatic carbocycles. The second kappa shape index (κ2) is 11.3. The average molecular weight is 436 g/mol. The predicted molar refractivity (Wildman–Crippen MR) is 110 cm³/mol. The minimum Gasteiger partial charge on any atom is -0.493 e. The molecular weight excluding hydrogens is 417 g/mol. The molecule has 2 aromatic carbocycles. The molecule has 0 bridgehead atoms. The van der Waals surface area contributed by atoms with E-state index in [1.54, 1.807) is 36.4 Å². The van der Waals surface area contributed by atoms with Crippen LogP contribution in [0, 0.1) is 11.3 Å². The van der Waals surface area contributed by atoms with Gasteiger partial charge >= 0.3 is 5.97 Å². The Morgan fingerprint density at radius 1 is 1.10 bits per heavy atom. The van der Waals surface area contributed by atoms with Crippen LogP contribution in [-0.2, 0) is 20.9 Å². The van der Waals surface area contributed by atoms with Gasteiger partial charge in [-0.1, -0.05) is 35.3 Å². The van der Waals surface area contributed by atoms with Gasteiger partial charge in [0, 0.05) is 22.7 Å². The van der Waals surface area contributed by atoms with Crippen molar-refractivity contribution in [1.29, 1.82) is 5.26 Å². The molecule has 0 radical (unpaired) electrons. The summed E-state index contributed by atoms with van der Waals surface area (Å²) in [6.45, 7) is 0.538. The van der Waals surface area contributed by atoms with E-state index in [4.69, 9.17) is 42.1 Å². The highest BCUT2D eigenvalue weighted by molar-refractivity contribution is 6.35. The van der Waals surface area contributed by atoms with E-state index in [0.29, 0.717) is 27.1 Å². The molecule has 0 aliphatic heterocycles. The van der Waals surface area contributed by atoms with Crippen molar-refractivity contribution in [3.05, 3.63) is 63.1 Å². The molecule has 0 spiro atoms. The highest BCUT2D eigenvalue weighted by Gasteiger charge is 2.12. The number of benzene rings is 2. The molecule has 0 aliphatic rings. The molecule has 8 heteroatoms. The first kappa shape index (κ1) is 22.6. The molecule has 0 amide bonds. The molecule has 0 saturated heterocycles. The van der Waals surface area contributed by atoms with Gasteiger partial charge < -0.3 is 18.9 Å². The lowest BCUT2D eigenvalue weighted by Crippen LogP contribution is -2.11. The first-order chi connectivity index (χ1) is 14.0. The third-order valence-corrected chi connectivity index (χ3v) is 4.34. The van der Waals surface area contributed by atoms with E-state index < -0.39 is 5.97 Å². The van der Waals surface area contributed by atoms with E-state index in [9.17, 15) is 10.1 Å². The molecule has 0 atom stereocenters. The molecule has 0 unspecified atom stereocenters. The quantitative estimate of drug-likeness (QED) is 0.246. The van der Waals surface area contributed by atoms with Crippen molar-refractivity contribution < 1.29 is 23.7 Å². The zero-order chi connectivity index (χ0) is 21.2. The number of hydrogen-bond donors (Lipinski definition) is 0. The summed E-state index contributed by atoms with van der Waals surface area (Å²) in [7, 11) is 2.99. The monoisotopic (exact) mass is 435 g/mol. The summed E-state index contributed by atoms with van der Waals surface area (Å²) in [6, 6.07) is 12.0. The summed E-state index contributed by atoms with van der Waals surface area (Å²) in [5, 5.41) is 10.3. The van der Waals surface area contributed by atoms with Gasteiger partial charge in [-0.05, 0) is 35.9 Å². The van der Waals surface area contributed by atoms with E-state index in [1.165, 1.54) is 20.3 Å². The number of ether oxygens (including phenoxy) is 4. The van der Waals surface area contributed by atoms with Crippen LogP contribution in [-0.4, -0.2) is 33.4 Å². The minimum atomic E-state index is -0.721. The molecule has 6 nitrogen and oxygen atoms in total. The van der Waals surface area contributed by atoms with Gasteiger partial charge in [0.15, 0.2) is 11.5 Å². The normalized spacial score (nSPS) is 10.9. The Kier molecular flexibility index (Phi) is 8.81. The Morgan fingerprint density at radius 3 is 2.55 bits per heavy atom. The van der Waals surface area contributed by atoms with Gasteiger partial charge in [0.05, 0.1) is 13.7 Å². The summed E-state index contributed by atoms with van der Waals surface area (Å²) in [6.07, 6.45) is 1.41. The molecule has 0 N–H and O–H groups in total. The molecular formula is C21H19Cl2NO5. The summed E-state index contributed by atoms with van der Waals surface area (Å²) < 4.78 is 20.9. The Labute approximate surface area is 179 Å². The van der Waals surface area contributed by atoms with Crippen LogP contribution in [0.3, 0.4) is 0 Å². The van der Waals surface area contributed by atoms with Crippen LogP contribution in [0.2, 0.25) is 10.0 Å². The van der Waals surface area contributed by atoms with Gasteiger partial charge in [-0.25, -0.2) is 4.79 Å². The van der Waals surface area contributed by atoms with E-state index in [-0.39, 0.29) is 25.4 Å². The maximum atomic E-state index is 11.9. The van der Waals surface area contributed by atoms with Crippen LogP contribution in [0.5, 0.6) is 11.5 Å². The number of carbonyl (C=O) groups is 1. The highest BCUT2D eigenvalue weighted by Crippen LogP contribution is 2.31. The van der Waals surface area contributed by atoms with Gasteiger partial charge in [0.2, 0.25) is 0 Å². The molecule has 0 aromatic heterocycles. The van der Waals surface area contributed by atoms with E-state index in [1.807, 2.05) is 6.07 Å². The maximum Gasteiger partial charge on any atom is 0.348 e. The molecule has 0 saturated carbocycles. The van der Waals surface area contributed by atoms with Gasteiger partial charge in [0.25, 0.3) is 0 Å². The first-order valence-electron chi connectivity index (χ1n) is 8.51. The number of halogens is 2. The molecule has 152 valence electrons. The van der Waals surface area contributed by atoms with Crippen LogP contribution in [0.15, 0.2) is 42.0 Å². The van der Waals surface area contributed by atoms with Gasteiger partial charge in [-0.2, -0.15) is 5.26 Å². The Balaban J connectivity index is 2.14. The number of nitriles is 1. The van der Waals surface area contributed by atoms with Crippen molar-refractivity contribution in [3.63, 3.8) is 0 Å². The first-order valence-corrected chi connectivity index (χ1v) is 9.26. The van der Waals surface area contributed by atoms with Gasteiger partial charge in [-0.15, -0.1) is 0 Å². The summed E-state index contributed by atoms with van der Waals surface area (Å²) in [5.41, 5.74) is 1.22. The molecule has 2 rings (SSSR count). The van der Waals surface area contributed by atoms with Gasteiger partial charge in [0.1, 0.15) is 24.9 Å². The van der Waals surface area contributed by atoms with Crippen molar-refractivity contribution in [2.24, 2.45) is 0 Å². The zero-order valence-electron chi connectivity index (χ0n) is 15.9. The fourth-order valence-corrected chi connectivity index (χ4v) is 2.75. The average Bonchev–Trinajstić information content (AvgIpc) is 2.71. The fraction of sp³-hybridized carbons (Fsp3) is 0.238. The standard InChI is InChI=1S/C21H19Cl2NO5/c1-26-7-8-28-21(25)16(12-24)9-14-3-6-19(20(10-14)27-2)29-13-15-4-5-17(22)11-18(15)23/h3-6,9-11H,7-8,13H2,1-2H3/b16-9+. The minimum absolute atomic E-state index is 0.0672. The lowest BCUT2D eigenvalue weighted by atomic mass is 10.1. The van der Waals surface area contributed by atoms with Crippen molar-refractivity contribution in [1.82, 2.24) is 0 Å². The lowest BCUT2D eigenvalue weighted by molar-refractivity contribution is -0.139. The SMILES string of the molecule is COCCOC(=O)/C(C#N)=C/c1ccc(OCc2ccc(Cl)cc2Cl)c(OC)c1. The molecule has 2 aromatic rings. The van der Waals surface area contributed by atoms with Crippen LogP contribution >= 0.6 is 23.2 Å². The van der Waals surface area contributed by atoms with Crippen LogP contribution in [0.4, 0.5) is 0 Å². The van der Waals surface area contributed by atoms with Gasteiger partial charge in [-0.3, -0.25) is 0 Å². The number of carbonyl (C=O) groups excluding carboxylic acids is 1. The largest absolute Gasteiger partial charge is 0.493 e. The van der Waals surface area contributed by atoms with Crippen LogP contribution < -0.4 is 9.47 Å². The molecule has 29 heavy (non-hydrogen) atoms. The van der Waals surface area contributed by atoms with E-state index >= 15 is 0 Å².